The van der Waals surface area contributed by atoms with Crippen molar-refractivity contribution in [2.75, 3.05) is 14.2 Å². The van der Waals surface area contributed by atoms with Gasteiger partial charge in [0.25, 0.3) is 0 Å². The molecule has 0 atom stereocenters. The molecule has 2 rings (SSSR count). The first kappa shape index (κ1) is 19.4. The molecule has 0 aromatic heterocycles. The van der Waals surface area contributed by atoms with Crippen molar-refractivity contribution in [3.8, 4) is 17.2 Å². The van der Waals surface area contributed by atoms with Gasteiger partial charge >= 0.3 is 5.97 Å². The first-order valence-electron chi connectivity index (χ1n) is 8.34. The van der Waals surface area contributed by atoms with Crippen molar-refractivity contribution < 1.29 is 23.7 Å². The maximum atomic E-state index is 11.2. The van der Waals surface area contributed by atoms with E-state index in [2.05, 4.69) is 4.74 Å². The second-order valence-corrected chi connectivity index (χ2v) is 5.87. The van der Waals surface area contributed by atoms with Gasteiger partial charge in [0.15, 0.2) is 11.5 Å². The molecule has 0 aliphatic heterocycles. The van der Waals surface area contributed by atoms with Crippen LogP contribution in [0.25, 0.3) is 6.08 Å². The molecule has 2 aromatic rings. The molecule has 5 heteroatoms. The van der Waals surface area contributed by atoms with Gasteiger partial charge in [-0.25, -0.2) is 4.79 Å². The minimum atomic E-state index is -0.408. The summed E-state index contributed by atoms with van der Waals surface area (Å²) >= 11 is 0. The number of carbonyl (C=O) groups excluding carboxylic acids is 1. The molecular weight excluding hydrogens is 332 g/mol. The quantitative estimate of drug-likeness (QED) is 0.523. The zero-order valence-corrected chi connectivity index (χ0v) is 15.5. The molecule has 0 unspecified atom stereocenters. The van der Waals surface area contributed by atoms with E-state index in [0.29, 0.717) is 18.1 Å². The van der Waals surface area contributed by atoms with E-state index in [1.54, 1.807) is 19.3 Å². The van der Waals surface area contributed by atoms with E-state index >= 15 is 0 Å². The Balaban J connectivity index is 2.02. The van der Waals surface area contributed by atoms with E-state index in [0.717, 1.165) is 16.9 Å². The lowest BCUT2D eigenvalue weighted by molar-refractivity contribution is -0.134. The van der Waals surface area contributed by atoms with Crippen LogP contribution in [-0.4, -0.2) is 26.3 Å². The molecule has 26 heavy (non-hydrogen) atoms. The Labute approximate surface area is 154 Å². The Kier molecular flexibility index (Phi) is 7.09. The van der Waals surface area contributed by atoms with Gasteiger partial charge in [-0.1, -0.05) is 18.2 Å². The third-order valence-electron chi connectivity index (χ3n) is 3.49. The van der Waals surface area contributed by atoms with Crippen LogP contribution < -0.4 is 14.2 Å². The summed E-state index contributed by atoms with van der Waals surface area (Å²) in [5, 5.41) is 0. The van der Waals surface area contributed by atoms with E-state index in [4.69, 9.17) is 14.2 Å². The van der Waals surface area contributed by atoms with Crippen molar-refractivity contribution in [2.24, 2.45) is 0 Å². The average molecular weight is 356 g/mol. The normalized spacial score (nSPS) is 10.8. The van der Waals surface area contributed by atoms with E-state index < -0.39 is 5.97 Å². The lowest BCUT2D eigenvalue weighted by atomic mass is 10.2. The fraction of sp³-hybridized carbons (Fsp3) is 0.286. The summed E-state index contributed by atoms with van der Waals surface area (Å²) in [6.07, 6.45) is 3.16. The Morgan fingerprint density at radius 2 is 1.77 bits per heavy atom. The highest BCUT2D eigenvalue weighted by Gasteiger charge is 2.06. The number of rotatable bonds is 8. The smallest absolute Gasteiger partial charge is 0.330 e. The van der Waals surface area contributed by atoms with Crippen molar-refractivity contribution in [2.45, 2.75) is 26.6 Å². The summed E-state index contributed by atoms with van der Waals surface area (Å²) in [5.41, 5.74) is 1.84. The molecule has 2 aromatic carbocycles. The number of benzene rings is 2. The first-order valence-corrected chi connectivity index (χ1v) is 8.34. The predicted octanol–water partition coefficient (Wildman–Crippen LogP) is 4.25. The Morgan fingerprint density at radius 3 is 2.38 bits per heavy atom. The molecule has 0 aliphatic rings. The van der Waals surface area contributed by atoms with Gasteiger partial charge in [0.05, 0.1) is 20.3 Å². The van der Waals surface area contributed by atoms with Crippen molar-refractivity contribution in [1.82, 2.24) is 0 Å². The number of hydrogen-bond acceptors (Lipinski definition) is 5. The maximum absolute atomic E-state index is 11.2. The van der Waals surface area contributed by atoms with Gasteiger partial charge in [0.2, 0.25) is 0 Å². The van der Waals surface area contributed by atoms with Crippen molar-refractivity contribution >= 4 is 12.0 Å². The minimum absolute atomic E-state index is 0.146. The summed E-state index contributed by atoms with van der Waals surface area (Å²) in [5.74, 6) is 1.65. The van der Waals surface area contributed by atoms with Crippen LogP contribution >= 0.6 is 0 Å². The third kappa shape index (κ3) is 5.84. The summed E-state index contributed by atoms with van der Waals surface area (Å²) in [6, 6.07) is 13.2. The summed E-state index contributed by atoms with van der Waals surface area (Å²) in [7, 11) is 2.92. The zero-order chi connectivity index (χ0) is 18.9. The van der Waals surface area contributed by atoms with E-state index in [1.165, 1.54) is 13.2 Å². The Morgan fingerprint density at radius 1 is 1.04 bits per heavy atom. The van der Waals surface area contributed by atoms with Crippen LogP contribution in [0.4, 0.5) is 0 Å². The van der Waals surface area contributed by atoms with Crippen LogP contribution in [0.1, 0.15) is 25.0 Å². The van der Waals surface area contributed by atoms with Crippen LogP contribution in [0.15, 0.2) is 48.5 Å². The molecule has 0 saturated heterocycles. The fourth-order valence-corrected chi connectivity index (χ4v) is 2.24. The van der Waals surface area contributed by atoms with E-state index in [1.807, 2.05) is 50.2 Å². The minimum Gasteiger partial charge on any atom is -0.493 e. The van der Waals surface area contributed by atoms with Gasteiger partial charge in [0, 0.05) is 6.08 Å². The number of esters is 1. The fourth-order valence-electron chi connectivity index (χ4n) is 2.24. The number of methoxy groups -OCH3 is 2. The molecule has 138 valence electrons. The standard InChI is InChI=1S/C21H24O5/c1-15(2)26-18-9-5-17(6-10-18)14-25-19-11-7-16(13-20(19)23-3)8-12-21(22)24-4/h5-13,15H,14H2,1-4H3/b12-8+. The van der Waals surface area contributed by atoms with Crippen LogP contribution in [0, 0.1) is 0 Å². The highest BCUT2D eigenvalue weighted by molar-refractivity contribution is 5.87. The molecule has 0 spiro atoms. The molecule has 0 radical (unpaired) electrons. The highest BCUT2D eigenvalue weighted by Crippen LogP contribution is 2.29. The molecular formula is C21H24O5. The second kappa shape index (κ2) is 9.51. The molecule has 0 aliphatic carbocycles. The van der Waals surface area contributed by atoms with Crippen molar-refractivity contribution in [1.29, 1.82) is 0 Å². The molecule has 0 N–H and O–H groups in total. The summed E-state index contributed by atoms with van der Waals surface area (Å²) in [4.78, 5) is 11.2. The number of hydrogen-bond donors (Lipinski definition) is 0. The van der Waals surface area contributed by atoms with Gasteiger partial charge in [-0.2, -0.15) is 0 Å². The van der Waals surface area contributed by atoms with Crippen molar-refractivity contribution in [3.63, 3.8) is 0 Å². The van der Waals surface area contributed by atoms with Gasteiger partial charge in [0.1, 0.15) is 12.4 Å². The lowest BCUT2D eigenvalue weighted by Gasteiger charge is -2.13. The highest BCUT2D eigenvalue weighted by atomic mass is 16.5. The SMILES string of the molecule is COC(=O)/C=C/c1ccc(OCc2ccc(OC(C)C)cc2)c(OC)c1. The molecule has 0 saturated carbocycles. The van der Waals surface area contributed by atoms with Crippen LogP contribution in [0.5, 0.6) is 17.2 Å². The first-order chi connectivity index (χ1) is 12.5. The Hall–Kier alpha value is -2.95. The molecule has 5 nitrogen and oxygen atoms in total. The molecule has 0 fully saturated rings. The van der Waals surface area contributed by atoms with Crippen LogP contribution in [0.3, 0.4) is 0 Å². The lowest BCUT2D eigenvalue weighted by Crippen LogP contribution is -2.05. The molecule has 0 bridgehead atoms. The zero-order valence-electron chi connectivity index (χ0n) is 15.5. The van der Waals surface area contributed by atoms with Gasteiger partial charge in [-0.05, 0) is 55.3 Å². The van der Waals surface area contributed by atoms with E-state index in [9.17, 15) is 4.79 Å². The number of carbonyl (C=O) groups is 1. The van der Waals surface area contributed by atoms with Gasteiger partial charge < -0.3 is 18.9 Å². The average Bonchev–Trinajstić information content (AvgIpc) is 2.65. The topological polar surface area (TPSA) is 54.0 Å². The molecule has 0 heterocycles. The summed E-state index contributed by atoms with van der Waals surface area (Å²) < 4.78 is 21.4. The molecule has 0 amide bonds. The van der Waals surface area contributed by atoms with Crippen LogP contribution in [0.2, 0.25) is 0 Å². The largest absolute Gasteiger partial charge is 0.493 e. The monoisotopic (exact) mass is 356 g/mol. The Bertz CT molecular complexity index is 747. The van der Waals surface area contributed by atoms with Crippen molar-refractivity contribution in [3.05, 3.63) is 59.7 Å². The van der Waals surface area contributed by atoms with Gasteiger partial charge in [-0.3, -0.25) is 0 Å². The predicted molar refractivity (Wildman–Crippen MR) is 101 cm³/mol. The van der Waals surface area contributed by atoms with Crippen LogP contribution in [-0.2, 0) is 16.1 Å². The maximum Gasteiger partial charge on any atom is 0.330 e. The second-order valence-electron chi connectivity index (χ2n) is 5.87. The third-order valence-corrected chi connectivity index (χ3v) is 3.49. The summed E-state index contributed by atoms with van der Waals surface area (Å²) in [6.45, 7) is 4.40. The van der Waals surface area contributed by atoms with Gasteiger partial charge in [-0.15, -0.1) is 0 Å². The van der Waals surface area contributed by atoms with E-state index in [-0.39, 0.29) is 6.10 Å². The number of ether oxygens (including phenoxy) is 4.